The van der Waals surface area contributed by atoms with Crippen molar-refractivity contribution < 1.29 is 19.1 Å². The van der Waals surface area contributed by atoms with Crippen molar-refractivity contribution >= 4 is 23.3 Å². The highest BCUT2D eigenvalue weighted by Gasteiger charge is 2.14. The van der Waals surface area contributed by atoms with Gasteiger partial charge in [0.05, 0.1) is 12.7 Å². The SMILES string of the molecule is COc1ccc(NC(=O)COC(=O)c2cccc(C)c2N)cc1. The number of hydrogen-bond donors (Lipinski definition) is 2. The third kappa shape index (κ3) is 4.23. The Morgan fingerprint density at radius 3 is 2.48 bits per heavy atom. The Kier molecular flexibility index (Phi) is 5.19. The van der Waals surface area contributed by atoms with Crippen molar-refractivity contribution in [3.05, 3.63) is 53.6 Å². The van der Waals surface area contributed by atoms with E-state index in [-0.39, 0.29) is 5.56 Å². The summed E-state index contributed by atoms with van der Waals surface area (Å²) in [5.74, 6) is -0.379. The Labute approximate surface area is 134 Å². The molecule has 6 heteroatoms. The topological polar surface area (TPSA) is 90.6 Å². The first-order valence-electron chi connectivity index (χ1n) is 6.97. The van der Waals surface area contributed by atoms with Crippen LogP contribution >= 0.6 is 0 Å². The van der Waals surface area contributed by atoms with Crippen molar-refractivity contribution in [2.45, 2.75) is 6.92 Å². The van der Waals surface area contributed by atoms with Crippen LogP contribution in [-0.4, -0.2) is 25.6 Å². The molecule has 0 atom stereocenters. The molecule has 3 N–H and O–H groups in total. The number of carbonyl (C=O) groups is 2. The predicted octanol–water partition coefficient (Wildman–Crippen LogP) is 2.38. The molecule has 0 bridgehead atoms. The van der Waals surface area contributed by atoms with Crippen molar-refractivity contribution in [2.24, 2.45) is 0 Å². The van der Waals surface area contributed by atoms with Gasteiger partial charge in [-0.15, -0.1) is 0 Å². The number of para-hydroxylation sites is 1. The molecule has 2 aromatic carbocycles. The lowest BCUT2D eigenvalue weighted by Crippen LogP contribution is -2.21. The number of benzene rings is 2. The largest absolute Gasteiger partial charge is 0.497 e. The van der Waals surface area contributed by atoms with Crippen LogP contribution in [0.25, 0.3) is 0 Å². The van der Waals surface area contributed by atoms with Gasteiger partial charge in [-0.2, -0.15) is 0 Å². The number of anilines is 2. The van der Waals surface area contributed by atoms with Gasteiger partial charge >= 0.3 is 5.97 Å². The highest BCUT2D eigenvalue weighted by Crippen LogP contribution is 2.17. The molecule has 0 aliphatic carbocycles. The van der Waals surface area contributed by atoms with Gasteiger partial charge in [0, 0.05) is 11.4 Å². The molecule has 0 aliphatic heterocycles. The van der Waals surface area contributed by atoms with Gasteiger partial charge in [-0.05, 0) is 42.8 Å². The van der Waals surface area contributed by atoms with Gasteiger partial charge in [0.15, 0.2) is 6.61 Å². The Hall–Kier alpha value is -3.02. The highest BCUT2D eigenvalue weighted by atomic mass is 16.5. The molecular formula is C17H18N2O4. The molecule has 0 heterocycles. The van der Waals surface area contributed by atoms with Gasteiger partial charge in [-0.3, -0.25) is 4.79 Å². The minimum atomic E-state index is -0.629. The van der Waals surface area contributed by atoms with E-state index in [0.717, 1.165) is 5.56 Å². The second kappa shape index (κ2) is 7.31. The zero-order valence-corrected chi connectivity index (χ0v) is 13.0. The van der Waals surface area contributed by atoms with Crippen LogP contribution in [0.5, 0.6) is 5.75 Å². The predicted molar refractivity (Wildman–Crippen MR) is 87.5 cm³/mol. The number of esters is 1. The molecule has 2 aromatic rings. The smallest absolute Gasteiger partial charge is 0.340 e. The number of amides is 1. The Bertz CT molecular complexity index is 711. The average molecular weight is 314 g/mol. The number of aryl methyl sites for hydroxylation is 1. The van der Waals surface area contributed by atoms with Crippen molar-refractivity contribution in [1.29, 1.82) is 0 Å². The average Bonchev–Trinajstić information content (AvgIpc) is 2.56. The zero-order valence-electron chi connectivity index (χ0n) is 13.0. The molecule has 0 saturated carbocycles. The molecule has 0 radical (unpaired) electrons. The number of methoxy groups -OCH3 is 1. The summed E-state index contributed by atoms with van der Waals surface area (Å²) in [4.78, 5) is 23.8. The van der Waals surface area contributed by atoms with Crippen LogP contribution in [-0.2, 0) is 9.53 Å². The van der Waals surface area contributed by atoms with Crippen LogP contribution in [0.3, 0.4) is 0 Å². The molecule has 0 aromatic heterocycles. The second-order valence-electron chi connectivity index (χ2n) is 4.89. The minimum absolute atomic E-state index is 0.252. The van der Waals surface area contributed by atoms with Crippen LogP contribution in [0.2, 0.25) is 0 Å². The van der Waals surface area contributed by atoms with E-state index in [0.29, 0.717) is 17.1 Å². The van der Waals surface area contributed by atoms with E-state index in [1.807, 2.05) is 0 Å². The molecule has 0 saturated heterocycles. The fourth-order valence-electron chi connectivity index (χ4n) is 1.94. The molecule has 0 aliphatic rings. The van der Waals surface area contributed by atoms with E-state index in [2.05, 4.69) is 5.32 Å². The third-order valence-electron chi connectivity index (χ3n) is 3.25. The van der Waals surface area contributed by atoms with Crippen LogP contribution in [0.1, 0.15) is 15.9 Å². The molecule has 0 spiro atoms. The van der Waals surface area contributed by atoms with E-state index in [9.17, 15) is 9.59 Å². The van der Waals surface area contributed by atoms with Gasteiger partial charge in [0.25, 0.3) is 5.91 Å². The number of carbonyl (C=O) groups excluding carboxylic acids is 2. The Morgan fingerprint density at radius 2 is 1.83 bits per heavy atom. The second-order valence-corrected chi connectivity index (χ2v) is 4.89. The summed E-state index contributed by atoms with van der Waals surface area (Å²) < 4.78 is 10.0. The maximum atomic E-state index is 12.0. The fraction of sp³-hybridized carbons (Fsp3) is 0.176. The lowest BCUT2D eigenvalue weighted by molar-refractivity contribution is -0.119. The van der Waals surface area contributed by atoms with E-state index in [1.54, 1.807) is 56.5 Å². The Balaban J connectivity index is 1.90. The molecule has 0 fully saturated rings. The summed E-state index contributed by atoms with van der Waals surface area (Å²) in [7, 11) is 1.56. The number of rotatable bonds is 5. The summed E-state index contributed by atoms with van der Waals surface area (Å²) in [5, 5.41) is 2.62. The summed E-state index contributed by atoms with van der Waals surface area (Å²) in [5.41, 5.74) is 7.80. The maximum absolute atomic E-state index is 12.0. The van der Waals surface area contributed by atoms with Crippen LogP contribution in [0, 0.1) is 6.92 Å². The number of nitrogens with one attached hydrogen (secondary N) is 1. The number of nitrogens with two attached hydrogens (primary N) is 1. The highest BCUT2D eigenvalue weighted by molar-refractivity contribution is 5.98. The molecular weight excluding hydrogens is 296 g/mol. The molecule has 1 amide bonds. The molecule has 120 valence electrons. The quantitative estimate of drug-likeness (QED) is 0.653. The van der Waals surface area contributed by atoms with E-state index < -0.39 is 18.5 Å². The van der Waals surface area contributed by atoms with Gasteiger partial charge in [0.1, 0.15) is 5.75 Å². The van der Waals surface area contributed by atoms with E-state index in [1.165, 1.54) is 0 Å². The third-order valence-corrected chi connectivity index (χ3v) is 3.25. The van der Waals surface area contributed by atoms with Gasteiger partial charge < -0.3 is 20.5 Å². The first-order chi connectivity index (χ1) is 11.0. The van der Waals surface area contributed by atoms with E-state index >= 15 is 0 Å². The number of ether oxygens (including phenoxy) is 2. The van der Waals surface area contributed by atoms with Crippen LogP contribution < -0.4 is 15.8 Å². The number of nitrogen functional groups attached to an aromatic ring is 1. The first-order valence-corrected chi connectivity index (χ1v) is 6.97. The number of hydrogen-bond acceptors (Lipinski definition) is 5. The molecule has 23 heavy (non-hydrogen) atoms. The van der Waals surface area contributed by atoms with Gasteiger partial charge in [-0.1, -0.05) is 12.1 Å². The lowest BCUT2D eigenvalue weighted by Gasteiger charge is -2.09. The van der Waals surface area contributed by atoms with Crippen LogP contribution in [0.4, 0.5) is 11.4 Å². The lowest BCUT2D eigenvalue weighted by atomic mass is 10.1. The fourth-order valence-corrected chi connectivity index (χ4v) is 1.94. The molecule has 2 rings (SSSR count). The van der Waals surface area contributed by atoms with Gasteiger partial charge in [-0.25, -0.2) is 4.79 Å². The van der Waals surface area contributed by atoms with Crippen molar-refractivity contribution in [1.82, 2.24) is 0 Å². The first kappa shape index (κ1) is 16.4. The minimum Gasteiger partial charge on any atom is -0.497 e. The molecule has 6 nitrogen and oxygen atoms in total. The standard InChI is InChI=1S/C17H18N2O4/c1-11-4-3-5-14(16(11)18)17(21)23-10-15(20)19-12-6-8-13(22-2)9-7-12/h3-9H,10,18H2,1-2H3,(H,19,20). The monoisotopic (exact) mass is 314 g/mol. The summed E-state index contributed by atoms with van der Waals surface area (Å²) in [6.45, 7) is 1.40. The Morgan fingerprint density at radius 1 is 1.13 bits per heavy atom. The summed E-state index contributed by atoms with van der Waals surface area (Å²) >= 11 is 0. The van der Waals surface area contributed by atoms with Crippen molar-refractivity contribution in [3.8, 4) is 5.75 Å². The summed E-state index contributed by atoms with van der Waals surface area (Å²) in [6.07, 6.45) is 0. The van der Waals surface area contributed by atoms with Crippen molar-refractivity contribution in [3.63, 3.8) is 0 Å². The maximum Gasteiger partial charge on any atom is 0.340 e. The van der Waals surface area contributed by atoms with Gasteiger partial charge in [0.2, 0.25) is 0 Å². The summed E-state index contributed by atoms with van der Waals surface area (Å²) in [6, 6.07) is 11.9. The van der Waals surface area contributed by atoms with E-state index in [4.69, 9.17) is 15.2 Å². The van der Waals surface area contributed by atoms with Crippen molar-refractivity contribution in [2.75, 3.05) is 24.8 Å². The van der Waals surface area contributed by atoms with Crippen LogP contribution in [0.15, 0.2) is 42.5 Å². The normalized spacial score (nSPS) is 10.0. The zero-order chi connectivity index (χ0) is 16.8. The molecule has 0 unspecified atom stereocenters.